The van der Waals surface area contributed by atoms with E-state index in [2.05, 4.69) is 10.0 Å². The molecule has 140 valence electrons. The summed E-state index contributed by atoms with van der Waals surface area (Å²) in [6, 6.07) is 12.5. The standard InChI is InChI=1S/C18H22N2O5S/c1-18(2,3)25-17(21)19-15-7-5-6-8-16(15)26(22,23)20-13-9-11-14(24-4)12-10-13/h5-12,20H,1-4H3,(H,19,21). The molecular formula is C18H22N2O5S. The van der Waals surface area contributed by atoms with Gasteiger partial charge in [-0.25, -0.2) is 13.2 Å². The molecule has 2 N–H and O–H groups in total. The Bertz CT molecular complexity index is 871. The summed E-state index contributed by atoms with van der Waals surface area (Å²) in [7, 11) is -2.39. The molecule has 7 nitrogen and oxygen atoms in total. The molecule has 2 rings (SSSR count). The van der Waals surface area contributed by atoms with Crippen LogP contribution in [0.15, 0.2) is 53.4 Å². The molecule has 0 heterocycles. The fraction of sp³-hybridized carbons (Fsp3) is 0.278. The van der Waals surface area contributed by atoms with E-state index in [4.69, 9.17) is 9.47 Å². The Morgan fingerprint density at radius 2 is 1.62 bits per heavy atom. The first kappa shape index (κ1) is 19.6. The number of hydrogen-bond donors (Lipinski definition) is 2. The predicted octanol–water partition coefficient (Wildman–Crippen LogP) is 3.84. The van der Waals surface area contributed by atoms with E-state index < -0.39 is 21.7 Å². The minimum atomic E-state index is -3.91. The van der Waals surface area contributed by atoms with Crippen LogP contribution in [0.5, 0.6) is 5.75 Å². The third-order valence-corrected chi connectivity index (χ3v) is 4.59. The largest absolute Gasteiger partial charge is 0.497 e. The van der Waals surface area contributed by atoms with Crippen molar-refractivity contribution in [2.75, 3.05) is 17.1 Å². The van der Waals surface area contributed by atoms with Gasteiger partial charge in [-0.1, -0.05) is 12.1 Å². The number of carbonyl (C=O) groups excluding carboxylic acids is 1. The minimum Gasteiger partial charge on any atom is -0.497 e. The van der Waals surface area contributed by atoms with Crippen LogP contribution in [-0.2, 0) is 14.8 Å². The van der Waals surface area contributed by atoms with Crippen LogP contribution in [0.25, 0.3) is 0 Å². The molecule has 0 unspecified atom stereocenters. The molecule has 0 aromatic heterocycles. The normalized spacial score (nSPS) is 11.5. The molecule has 26 heavy (non-hydrogen) atoms. The lowest BCUT2D eigenvalue weighted by atomic mass is 10.2. The molecule has 2 aromatic carbocycles. The van der Waals surface area contributed by atoms with E-state index in [9.17, 15) is 13.2 Å². The monoisotopic (exact) mass is 378 g/mol. The third-order valence-electron chi connectivity index (χ3n) is 3.15. The highest BCUT2D eigenvalue weighted by Crippen LogP contribution is 2.25. The SMILES string of the molecule is COc1ccc(NS(=O)(=O)c2ccccc2NC(=O)OC(C)(C)C)cc1. The average molecular weight is 378 g/mol. The van der Waals surface area contributed by atoms with Crippen LogP contribution in [0.1, 0.15) is 20.8 Å². The zero-order chi connectivity index (χ0) is 19.4. The summed E-state index contributed by atoms with van der Waals surface area (Å²) in [6.07, 6.45) is -0.732. The van der Waals surface area contributed by atoms with Crippen LogP contribution in [0.3, 0.4) is 0 Å². The minimum absolute atomic E-state index is 0.0679. The third kappa shape index (κ3) is 5.38. The topological polar surface area (TPSA) is 93.7 Å². The quantitative estimate of drug-likeness (QED) is 0.824. The van der Waals surface area contributed by atoms with Gasteiger partial charge in [-0.3, -0.25) is 10.0 Å². The van der Waals surface area contributed by atoms with Crippen molar-refractivity contribution in [2.24, 2.45) is 0 Å². The Kier molecular flexibility index (Phi) is 5.76. The van der Waals surface area contributed by atoms with Gasteiger partial charge >= 0.3 is 6.09 Å². The average Bonchev–Trinajstić information content (AvgIpc) is 2.53. The molecule has 0 atom stereocenters. The van der Waals surface area contributed by atoms with Crippen LogP contribution < -0.4 is 14.8 Å². The molecule has 2 aromatic rings. The predicted molar refractivity (Wildman–Crippen MR) is 100 cm³/mol. The van der Waals surface area contributed by atoms with Crippen molar-refractivity contribution in [1.29, 1.82) is 0 Å². The van der Waals surface area contributed by atoms with Gasteiger partial charge < -0.3 is 9.47 Å². The van der Waals surface area contributed by atoms with Crippen molar-refractivity contribution >= 4 is 27.5 Å². The van der Waals surface area contributed by atoms with Crippen molar-refractivity contribution < 1.29 is 22.7 Å². The number of amides is 1. The maximum absolute atomic E-state index is 12.7. The molecule has 8 heteroatoms. The molecule has 1 amide bonds. The van der Waals surface area contributed by atoms with Gasteiger partial charge in [0, 0.05) is 5.69 Å². The summed E-state index contributed by atoms with van der Waals surface area (Å²) in [5, 5.41) is 2.48. The van der Waals surface area contributed by atoms with E-state index in [1.807, 2.05) is 0 Å². The first-order valence-electron chi connectivity index (χ1n) is 7.87. The summed E-state index contributed by atoms with van der Waals surface area (Å²) in [4.78, 5) is 11.9. The second kappa shape index (κ2) is 7.65. The first-order chi connectivity index (χ1) is 12.1. The second-order valence-corrected chi connectivity index (χ2v) is 8.11. The van der Waals surface area contributed by atoms with E-state index in [1.54, 1.807) is 57.2 Å². The number of ether oxygens (including phenoxy) is 2. The molecule has 0 radical (unpaired) electrons. The number of sulfonamides is 1. The smallest absolute Gasteiger partial charge is 0.412 e. The summed E-state index contributed by atoms with van der Waals surface area (Å²) in [5.74, 6) is 0.611. The molecule has 0 aliphatic rings. The number of rotatable bonds is 5. The number of para-hydroxylation sites is 1. The summed E-state index contributed by atoms with van der Waals surface area (Å²) in [5.41, 5.74) is -0.195. The molecule has 0 spiro atoms. The first-order valence-corrected chi connectivity index (χ1v) is 9.35. The van der Waals surface area contributed by atoms with Crippen molar-refractivity contribution in [3.8, 4) is 5.75 Å². The molecule has 0 bridgehead atoms. The van der Waals surface area contributed by atoms with Crippen molar-refractivity contribution in [2.45, 2.75) is 31.3 Å². The van der Waals surface area contributed by atoms with Gasteiger partial charge in [-0.15, -0.1) is 0 Å². The van der Waals surface area contributed by atoms with E-state index in [-0.39, 0.29) is 10.6 Å². The number of carbonyl (C=O) groups is 1. The van der Waals surface area contributed by atoms with Crippen molar-refractivity contribution in [1.82, 2.24) is 0 Å². The molecule has 0 saturated heterocycles. The van der Waals surface area contributed by atoms with Gasteiger partial charge in [0.15, 0.2) is 0 Å². The highest BCUT2D eigenvalue weighted by atomic mass is 32.2. The second-order valence-electron chi connectivity index (χ2n) is 6.46. The zero-order valence-corrected chi connectivity index (χ0v) is 15.9. The zero-order valence-electron chi connectivity index (χ0n) is 15.1. The highest BCUT2D eigenvalue weighted by Gasteiger charge is 2.22. The van der Waals surface area contributed by atoms with Gasteiger partial charge in [-0.05, 0) is 57.2 Å². The lowest BCUT2D eigenvalue weighted by molar-refractivity contribution is 0.0635. The molecule has 0 aliphatic carbocycles. The Morgan fingerprint density at radius 3 is 2.19 bits per heavy atom. The van der Waals surface area contributed by atoms with Crippen LogP contribution >= 0.6 is 0 Å². The van der Waals surface area contributed by atoms with Gasteiger partial charge in [0.2, 0.25) is 0 Å². The van der Waals surface area contributed by atoms with Gasteiger partial charge in [0.25, 0.3) is 10.0 Å². The lowest BCUT2D eigenvalue weighted by Crippen LogP contribution is -2.28. The van der Waals surface area contributed by atoms with Crippen LogP contribution in [-0.4, -0.2) is 27.2 Å². The van der Waals surface area contributed by atoms with Gasteiger partial charge in [-0.2, -0.15) is 0 Å². The lowest BCUT2D eigenvalue weighted by Gasteiger charge is -2.20. The fourth-order valence-electron chi connectivity index (χ4n) is 2.09. The summed E-state index contributed by atoms with van der Waals surface area (Å²) in [6.45, 7) is 5.17. The Hall–Kier alpha value is -2.74. The number of nitrogens with one attached hydrogen (secondary N) is 2. The van der Waals surface area contributed by atoms with E-state index in [1.165, 1.54) is 19.2 Å². The summed E-state index contributed by atoms with van der Waals surface area (Å²) >= 11 is 0. The van der Waals surface area contributed by atoms with E-state index in [0.29, 0.717) is 11.4 Å². The van der Waals surface area contributed by atoms with Crippen LogP contribution in [0, 0.1) is 0 Å². The van der Waals surface area contributed by atoms with E-state index in [0.717, 1.165) is 0 Å². The Morgan fingerprint density at radius 1 is 1.00 bits per heavy atom. The maximum Gasteiger partial charge on any atom is 0.412 e. The van der Waals surface area contributed by atoms with E-state index >= 15 is 0 Å². The van der Waals surface area contributed by atoms with Gasteiger partial charge in [0.05, 0.1) is 12.8 Å². The van der Waals surface area contributed by atoms with Crippen molar-refractivity contribution in [3.63, 3.8) is 0 Å². The Labute approximate surface area is 153 Å². The number of anilines is 2. The van der Waals surface area contributed by atoms with Crippen LogP contribution in [0.4, 0.5) is 16.2 Å². The molecule has 0 fully saturated rings. The Balaban J connectivity index is 2.24. The highest BCUT2D eigenvalue weighted by molar-refractivity contribution is 7.92. The molecule has 0 aliphatic heterocycles. The fourth-order valence-corrected chi connectivity index (χ4v) is 3.31. The van der Waals surface area contributed by atoms with Gasteiger partial charge in [0.1, 0.15) is 16.2 Å². The molecular weight excluding hydrogens is 356 g/mol. The number of hydrogen-bond acceptors (Lipinski definition) is 5. The number of methoxy groups -OCH3 is 1. The number of benzene rings is 2. The maximum atomic E-state index is 12.7. The summed E-state index contributed by atoms with van der Waals surface area (Å²) < 4.78 is 38.1. The van der Waals surface area contributed by atoms with Crippen molar-refractivity contribution in [3.05, 3.63) is 48.5 Å². The molecule has 0 saturated carbocycles. The van der Waals surface area contributed by atoms with Crippen LogP contribution in [0.2, 0.25) is 0 Å².